The molecule has 0 heterocycles. The van der Waals surface area contributed by atoms with Crippen molar-refractivity contribution < 1.29 is 24.2 Å². The fraction of sp³-hybridized carbons (Fsp3) is 0.769. The van der Waals surface area contributed by atoms with E-state index >= 15 is 0 Å². The molecule has 6 N–H and O–H groups in total. The minimum Gasteiger partial charge on any atom is -0.480 e. The molecule has 0 atom stereocenters. The summed E-state index contributed by atoms with van der Waals surface area (Å²) < 4.78 is 4.67. The van der Waals surface area contributed by atoms with Gasteiger partial charge in [0, 0.05) is 0 Å². The highest BCUT2D eigenvalue weighted by Crippen LogP contribution is 2.28. The molecule has 0 saturated heterocycles. The molecule has 0 radical (unpaired) electrons. The third-order valence-electron chi connectivity index (χ3n) is 2.94. The van der Waals surface area contributed by atoms with Crippen LogP contribution in [0.25, 0.3) is 0 Å². The Morgan fingerprint density at radius 2 is 1.76 bits per heavy atom. The molecular weight excluding hydrogens is 278 g/mol. The fourth-order valence-electron chi connectivity index (χ4n) is 1.68. The van der Waals surface area contributed by atoms with E-state index in [0.717, 1.165) is 12.8 Å². The Bertz CT molecular complexity index is 384. The van der Waals surface area contributed by atoms with Crippen LogP contribution in [-0.4, -0.2) is 47.7 Å². The van der Waals surface area contributed by atoms with Gasteiger partial charge < -0.3 is 26.6 Å². The first-order chi connectivity index (χ1) is 9.53. The smallest absolute Gasteiger partial charge is 0.333 e. The topological polar surface area (TPSA) is 145 Å². The SMILES string of the molecule is CC(C)(N)C(=O)OC(=O)C1(N)CCCC1.CNCC(=O)O. The average Bonchev–Trinajstić information content (AvgIpc) is 2.76. The summed E-state index contributed by atoms with van der Waals surface area (Å²) in [6.07, 6.45) is 2.94. The van der Waals surface area contributed by atoms with E-state index in [1.165, 1.54) is 13.8 Å². The minimum atomic E-state index is -1.16. The molecule has 0 bridgehead atoms. The van der Waals surface area contributed by atoms with Crippen LogP contribution in [0.1, 0.15) is 39.5 Å². The number of esters is 2. The molecule has 1 saturated carbocycles. The van der Waals surface area contributed by atoms with Crippen LogP contribution < -0.4 is 16.8 Å². The van der Waals surface area contributed by atoms with Crippen molar-refractivity contribution in [2.24, 2.45) is 11.5 Å². The maximum Gasteiger partial charge on any atom is 0.333 e. The standard InChI is InChI=1S/C10H18N2O3.C3H7NO2/c1-9(2,11)7(13)15-8(14)10(12)5-3-4-6-10;1-4-2-3(5)6/h3-6,11-12H2,1-2H3;4H,2H2,1H3,(H,5,6). The first-order valence-corrected chi connectivity index (χ1v) is 6.74. The molecule has 1 rings (SSSR count). The number of rotatable bonds is 4. The summed E-state index contributed by atoms with van der Waals surface area (Å²) in [4.78, 5) is 32.5. The molecule has 8 heteroatoms. The zero-order valence-electron chi connectivity index (χ0n) is 12.8. The number of carbonyl (C=O) groups is 3. The largest absolute Gasteiger partial charge is 0.480 e. The van der Waals surface area contributed by atoms with Crippen LogP contribution in [0, 0.1) is 0 Å². The Morgan fingerprint density at radius 3 is 2.05 bits per heavy atom. The van der Waals surface area contributed by atoms with Crippen LogP contribution >= 0.6 is 0 Å². The monoisotopic (exact) mass is 303 g/mol. The number of carboxylic acids is 1. The predicted octanol–water partition coefficient (Wildman–Crippen LogP) is -0.645. The maximum absolute atomic E-state index is 11.6. The van der Waals surface area contributed by atoms with Gasteiger partial charge in [-0.1, -0.05) is 12.8 Å². The van der Waals surface area contributed by atoms with Gasteiger partial charge in [0.1, 0.15) is 11.1 Å². The second-order valence-electron chi connectivity index (χ2n) is 5.69. The van der Waals surface area contributed by atoms with Crippen molar-refractivity contribution in [1.82, 2.24) is 5.32 Å². The Kier molecular flexibility index (Phi) is 7.48. The number of nitrogens with one attached hydrogen (secondary N) is 1. The average molecular weight is 303 g/mol. The summed E-state index contributed by atoms with van der Waals surface area (Å²) >= 11 is 0. The Morgan fingerprint density at radius 1 is 1.29 bits per heavy atom. The number of ether oxygens (including phenoxy) is 1. The number of hydrogen-bond donors (Lipinski definition) is 4. The van der Waals surface area contributed by atoms with Gasteiger partial charge in [0.15, 0.2) is 0 Å². The van der Waals surface area contributed by atoms with E-state index in [4.69, 9.17) is 16.6 Å². The van der Waals surface area contributed by atoms with E-state index in [1.807, 2.05) is 0 Å². The summed E-state index contributed by atoms with van der Waals surface area (Å²) in [5.41, 5.74) is 9.18. The highest BCUT2D eigenvalue weighted by Gasteiger charge is 2.41. The van der Waals surface area contributed by atoms with Crippen molar-refractivity contribution in [3.63, 3.8) is 0 Å². The Hall–Kier alpha value is -1.51. The van der Waals surface area contributed by atoms with Gasteiger partial charge >= 0.3 is 17.9 Å². The molecule has 1 aliphatic rings. The molecule has 0 unspecified atom stereocenters. The van der Waals surface area contributed by atoms with E-state index in [1.54, 1.807) is 7.05 Å². The van der Waals surface area contributed by atoms with Crippen LogP contribution in [0.5, 0.6) is 0 Å². The first-order valence-electron chi connectivity index (χ1n) is 6.74. The third kappa shape index (κ3) is 7.16. The number of carbonyl (C=O) groups excluding carboxylic acids is 2. The first kappa shape index (κ1) is 19.5. The molecule has 0 aliphatic heterocycles. The predicted molar refractivity (Wildman–Crippen MR) is 76.3 cm³/mol. The molecule has 122 valence electrons. The van der Waals surface area contributed by atoms with E-state index in [-0.39, 0.29) is 6.54 Å². The lowest BCUT2D eigenvalue weighted by Crippen LogP contribution is -2.51. The van der Waals surface area contributed by atoms with Crippen molar-refractivity contribution >= 4 is 17.9 Å². The van der Waals surface area contributed by atoms with Crippen molar-refractivity contribution in [3.05, 3.63) is 0 Å². The second-order valence-corrected chi connectivity index (χ2v) is 5.69. The highest BCUT2D eigenvalue weighted by atomic mass is 16.6. The van der Waals surface area contributed by atoms with Gasteiger partial charge in [-0.15, -0.1) is 0 Å². The van der Waals surface area contributed by atoms with Crippen LogP contribution in [0.3, 0.4) is 0 Å². The number of nitrogens with two attached hydrogens (primary N) is 2. The zero-order valence-corrected chi connectivity index (χ0v) is 12.8. The minimum absolute atomic E-state index is 0.0417. The molecule has 0 aromatic rings. The summed E-state index contributed by atoms with van der Waals surface area (Å²) in [5, 5.41) is 10.3. The van der Waals surface area contributed by atoms with Crippen LogP contribution in [0.4, 0.5) is 0 Å². The van der Waals surface area contributed by atoms with E-state index in [2.05, 4.69) is 10.1 Å². The summed E-state index contributed by atoms with van der Waals surface area (Å²) in [6, 6.07) is 0. The van der Waals surface area contributed by atoms with Crippen molar-refractivity contribution in [3.8, 4) is 0 Å². The Labute approximate surface area is 124 Å². The highest BCUT2D eigenvalue weighted by molar-refractivity contribution is 5.94. The molecule has 0 aromatic heterocycles. The van der Waals surface area contributed by atoms with Gasteiger partial charge in [0.2, 0.25) is 0 Å². The second kappa shape index (κ2) is 8.06. The lowest BCUT2D eigenvalue weighted by atomic mass is 9.99. The molecule has 0 aromatic carbocycles. The molecular formula is C13H25N3O5. The van der Waals surface area contributed by atoms with Crippen LogP contribution in [-0.2, 0) is 19.1 Å². The van der Waals surface area contributed by atoms with Gasteiger partial charge in [-0.05, 0) is 33.7 Å². The lowest BCUT2D eigenvalue weighted by molar-refractivity contribution is -0.166. The van der Waals surface area contributed by atoms with Gasteiger partial charge in [0.05, 0.1) is 6.54 Å². The lowest BCUT2D eigenvalue weighted by Gasteiger charge is -2.23. The van der Waals surface area contributed by atoms with Gasteiger partial charge in [0.25, 0.3) is 0 Å². The number of hydrogen-bond acceptors (Lipinski definition) is 7. The quantitative estimate of drug-likeness (QED) is 0.396. The molecule has 0 amide bonds. The fourth-order valence-corrected chi connectivity index (χ4v) is 1.68. The zero-order chi connectivity index (χ0) is 16.7. The normalized spacial score (nSPS) is 16.6. The van der Waals surface area contributed by atoms with E-state index in [0.29, 0.717) is 12.8 Å². The number of likely N-dealkylation sites (N-methyl/N-ethyl adjacent to an activating group) is 1. The summed E-state index contributed by atoms with van der Waals surface area (Å²) in [6.45, 7) is 3.01. The molecule has 1 aliphatic carbocycles. The molecule has 8 nitrogen and oxygen atoms in total. The van der Waals surface area contributed by atoms with Crippen molar-refractivity contribution in [1.29, 1.82) is 0 Å². The van der Waals surface area contributed by atoms with Gasteiger partial charge in [-0.3, -0.25) is 4.79 Å². The van der Waals surface area contributed by atoms with Crippen molar-refractivity contribution in [2.75, 3.05) is 13.6 Å². The third-order valence-corrected chi connectivity index (χ3v) is 2.94. The van der Waals surface area contributed by atoms with Crippen LogP contribution in [0.15, 0.2) is 0 Å². The van der Waals surface area contributed by atoms with E-state index < -0.39 is 29.0 Å². The maximum atomic E-state index is 11.6. The van der Waals surface area contributed by atoms with Gasteiger partial charge in [-0.2, -0.15) is 0 Å². The molecule has 0 spiro atoms. The number of carboxylic acid groups (broad SMARTS) is 1. The van der Waals surface area contributed by atoms with Crippen LogP contribution in [0.2, 0.25) is 0 Å². The van der Waals surface area contributed by atoms with Gasteiger partial charge in [-0.25, -0.2) is 9.59 Å². The van der Waals surface area contributed by atoms with E-state index in [9.17, 15) is 14.4 Å². The summed E-state index contributed by atoms with van der Waals surface area (Å²) in [7, 11) is 1.59. The van der Waals surface area contributed by atoms with Crippen molar-refractivity contribution in [2.45, 2.75) is 50.6 Å². The Balaban J connectivity index is 0.000000567. The molecule has 1 fully saturated rings. The molecule has 21 heavy (non-hydrogen) atoms. The number of aliphatic carboxylic acids is 1. The summed E-state index contributed by atoms with van der Waals surface area (Å²) in [5.74, 6) is -2.20.